The average Bonchev–Trinajstić information content (AvgIpc) is 2.88. The van der Waals surface area contributed by atoms with Gasteiger partial charge in [0.1, 0.15) is 11.5 Å². The van der Waals surface area contributed by atoms with Gasteiger partial charge in [0.05, 0.1) is 12.8 Å². The van der Waals surface area contributed by atoms with Crippen molar-refractivity contribution in [2.45, 2.75) is 40.2 Å². The fraction of sp³-hybridized carbons (Fsp3) is 0.444. The smallest absolute Gasteiger partial charge is 0.315 e. The Morgan fingerprint density at radius 2 is 2.04 bits per heavy atom. The van der Waals surface area contributed by atoms with Crippen molar-refractivity contribution in [1.29, 1.82) is 0 Å². The second-order valence-corrected chi connectivity index (χ2v) is 5.82. The molecule has 2 rings (SSSR count). The number of hydrogen-bond donors (Lipinski definition) is 2. The quantitative estimate of drug-likeness (QED) is 0.765. The molecule has 0 spiro atoms. The van der Waals surface area contributed by atoms with Gasteiger partial charge in [0.2, 0.25) is 0 Å². The molecule has 0 aliphatic heterocycles. The number of carbonyl (C=O) groups is 1. The molecule has 0 radical (unpaired) electrons. The van der Waals surface area contributed by atoms with E-state index in [4.69, 9.17) is 9.26 Å². The van der Waals surface area contributed by atoms with Crippen molar-refractivity contribution < 1.29 is 14.1 Å². The van der Waals surface area contributed by atoms with E-state index in [9.17, 15) is 4.79 Å². The third-order valence-electron chi connectivity index (χ3n) is 3.98. The minimum Gasteiger partial charge on any atom is -0.496 e. The summed E-state index contributed by atoms with van der Waals surface area (Å²) in [4.78, 5) is 11.8. The lowest BCUT2D eigenvalue weighted by molar-refractivity contribution is 0.240. The SMILES string of the molecule is COc1ccc(CNC(=O)NCCCc2c(C)noc2C)cc1C. The number of urea groups is 1. The van der Waals surface area contributed by atoms with E-state index in [0.717, 1.165) is 46.7 Å². The molecule has 0 unspecified atom stereocenters. The number of amides is 2. The molecule has 6 heteroatoms. The molecule has 130 valence electrons. The van der Waals surface area contributed by atoms with Gasteiger partial charge in [0.15, 0.2) is 0 Å². The molecule has 0 saturated heterocycles. The standard InChI is InChI=1S/C18H25N3O3/c1-12-10-15(7-8-17(12)23-4)11-20-18(22)19-9-5-6-16-13(2)21-24-14(16)3/h7-8,10H,5-6,9,11H2,1-4H3,(H2,19,20,22). The maximum atomic E-state index is 11.8. The number of aryl methyl sites for hydroxylation is 3. The minimum absolute atomic E-state index is 0.165. The number of rotatable bonds is 7. The Bertz CT molecular complexity index is 675. The first-order valence-corrected chi connectivity index (χ1v) is 8.08. The number of nitrogens with one attached hydrogen (secondary N) is 2. The molecule has 0 aliphatic rings. The van der Waals surface area contributed by atoms with Gasteiger partial charge in [0, 0.05) is 18.7 Å². The zero-order valence-corrected chi connectivity index (χ0v) is 14.7. The summed E-state index contributed by atoms with van der Waals surface area (Å²) >= 11 is 0. The zero-order chi connectivity index (χ0) is 17.5. The predicted molar refractivity (Wildman–Crippen MR) is 92.3 cm³/mol. The predicted octanol–water partition coefficient (Wildman–Crippen LogP) is 3.04. The van der Waals surface area contributed by atoms with Crippen LogP contribution in [-0.4, -0.2) is 24.8 Å². The van der Waals surface area contributed by atoms with Crippen LogP contribution in [0.4, 0.5) is 4.79 Å². The van der Waals surface area contributed by atoms with Crippen molar-refractivity contribution in [2.75, 3.05) is 13.7 Å². The molecule has 0 saturated carbocycles. The van der Waals surface area contributed by atoms with Crippen molar-refractivity contribution >= 4 is 6.03 Å². The van der Waals surface area contributed by atoms with Gasteiger partial charge in [-0.1, -0.05) is 17.3 Å². The summed E-state index contributed by atoms with van der Waals surface area (Å²) < 4.78 is 10.4. The summed E-state index contributed by atoms with van der Waals surface area (Å²) in [5, 5.41) is 9.65. The molecule has 2 amide bonds. The fourth-order valence-corrected chi connectivity index (χ4v) is 2.62. The van der Waals surface area contributed by atoms with Crippen LogP contribution in [0.3, 0.4) is 0 Å². The molecule has 1 aromatic carbocycles. The Hall–Kier alpha value is -2.50. The molecule has 0 bridgehead atoms. The molecule has 24 heavy (non-hydrogen) atoms. The second kappa shape index (κ2) is 8.38. The second-order valence-electron chi connectivity index (χ2n) is 5.82. The van der Waals surface area contributed by atoms with Crippen molar-refractivity contribution in [1.82, 2.24) is 15.8 Å². The first-order chi connectivity index (χ1) is 11.5. The maximum absolute atomic E-state index is 11.8. The van der Waals surface area contributed by atoms with Crippen LogP contribution in [0.15, 0.2) is 22.7 Å². The van der Waals surface area contributed by atoms with Gasteiger partial charge in [-0.3, -0.25) is 0 Å². The van der Waals surface area contributed by atoms with Crippen molar-refractivity contribution in [3.05, 3.63) is 46.3 Å². The van der Waals surface area contributed by atoms with Crippen LogP contribution in [0.25, 0.3) is 0 Å². The van der Waals surface area contributed by atoms with Crippen molar-refractivity contribution in [3.63, 3.8) is 0 Å². The Labute approximate surface area is 142 Å². The number of nitrogens with zero attached hydrogens (tertiary/aromatic N) is 1. The van der Waals surface area contributed by atoms with E-state index < -0.39 is 0 Å². The third-order valence-corrected chi connectivity index (χ3v) is 3.98. The lowest BCUT2D eigenvalue weighted by Crippen LogP contribution is -2.35. The Balaban J connectivity index is 1.69. The van der Waals surface area contributed by atoms with Gasteiger partial charge in [0.25, 0.3) is 0 Å². The molecule has 2 N–H and O–H groups in total. The zero-order valence-electron chi connectivity index (χ0n) is 14.7. The van der Waals surface area contributed by atoms with E-state index in [-0.39, 0.29) is 6.03 Å². The number of hydrogen-bond acceptors (Lipinski definition) is 4. The van der Waals surface area contributed by atoms with Gasteiger partial charge in [-0.15, -0.1) is 0 Å². The summed E-state index contributed by atoms with van der Waals surface area (Å²) in [5.41, 5.74) is 4.15. The average molecular weight is 331 g/mol. The van der Waals surface area contributed by atoms with Gasteiger partial charge in [-0.05, 0) is 50.8 Å². The molecule has 6 nitrogen and oxygen atoms in total. The monoisotopic (exact) mass is 331 g/mol. The van der Waals surface area contributed by atoms with Crippen LogP contribution in [-0.2, 0) is 13.0 Å². The van der Waals surface area contributed by atoms with Crippen LogP contribution < -0.4 is 15.4 Å². The Kier molecular flexibility index (Phi) is 6.23. The van der Waals surface area contributed by atoms with E-state index in [1.165, 1.54) is 0 Å². The highest BCUT2D eigenvalue weighted by Gasteiger charge is 2.08. The lowest BCUT2D eigenvalue weighted by Gasteiger charge is -2.10. The largest absolute Gasteiger partial charge is 0.496 e. The third kappa shape index (κ3) is 4.75. The van der Waals surface area contributed by atoms with E-state index in [0.29, 0.717) is 13.1 Å². The fourth-order valence-electron chi connectivity index (χ4n) is 2.62. The van der Waals surface area contributed by atoms with Gasteiger partial charge in [-0.2, -0.15) is 0 Å². The van der Waals surface area contributed by atoms with E-state index in [1.807, 2.05) is 39.0 Å². The summed E-state index contributed by atoms with van der Waals surface area (Å²) in [6.45, 7) is 6.92. The molecule has 2 aromatic rings. The maximum Gasteiger partial charge on any atom is 0.315 e. The van der Waals surface area contributed by atoms with Gasteiger partial charge in [-0.25, -0.2) is 4.79 Å². The van der Waals surface area contributed by atoms with Crippen LogP contribution in [0.5, 0.6) is 5.75 Å². The van der Waals surface area contributed by atoms with Gasteiger partial charge < -0.3 is 19.9 Å². The molecular weight excluding hydrogens is 306 g/mol. The normalized spacial score (nSPS) is 10.5. The highest BCUT2D eigenvalue weighted by molar-refractivity contribution is 5.73. The van der Waals surface area contributed by atoms with Crippen LogP contribution >= 0.6 is 0 Å². The summed E-state index contributed by atoms with van der Waals surface area (Å²) in [6.07, 6.45) is 1.69. The Morgan fingerprint density at radius 1 is 1.25 bits per heavy atom. The highest BCUT2D eigenvalue weighted by Crippen LogP contribution is 2.18. The van der Waals surface area contributed by atoms with E-state index in [1.54, 1.807) is 7.11 Å². The number of methoxy groups -OCH3 is 1. The summed E-state index contributed by atoms with van der Waals surface area (Å²) in [7, 11) is 1.65. The first-order valence-electron chi connectivity index (χ1n) is 8.08. The van der Waals surface area contributed by atoms with Crippen molar-refractivity contribution in [2.24, 2.45) is 0 Å². The van der Waals surface area contributed by atoms with E-state index in [2.05, 4.69) is 15.8 Å². The molecule has 1 aromatic heterocycles. The molecule has 0 aliphatic carbocycles. The van der Waals surface area contributed by atoms with Crippen LogP contribution in [0, 0.1) is 20.8 Å². The molecular formula is C18H25N3O3. The first kappa shape index (κ1) is 17.8. The topological polar surface area (TPSA) is 76.4 Å². The number of aromatic nitrogens is 1. The summed E-state index contributed by atoms with van der Waals surface area (Å²) in [6, 6.07) is 5.70. The van der Waals surface area contributed by atoms with Crippen molar-refractivity contribution in [3.8, 4) is 5.75 Å². The number of ether oxygens (including phenoxy) is 1. The lowest BCUT2D eigenvalue weighted by atomic mass is 10.1. The molecule has 0 atom stereocenters. The number of carbonyl (C=O) groups excluding carboxylic acids is 1. The van der Waals surface area contributed by atoms with E-state index >= 15 is 0 Å². The highest BCUT2D eigenvalue weighted by atomic mass is 16.5. The molecule has 1 heterocycles. The molecule has 0 fully saturated rings. The number of benzene rings is 1. The minimum atomic E-state index is -0.165. The Morgan fingerprint density at radius 3 is 2.67 bits per heavy atom. The van der Waals surface area contributed by atoms with Gasteiger partial charge >= 0.3 is 6.03 Å². The van der Waals surface area contributed by atoms with Crippen LogP contribution in [0.2, 0.25) is 0 Å². The van der Waals surface area contributed by atoms with Crippen LogP contribution in [0.1, 0.15) is 34.6 Å². The summed E-state index contributed by atoms with van der Waals surface area (Å²) in [5.74, 6) is 1.70.